The van der Waals surface area contributed by atoms with Gasteiger partial charge in [0.1, 0.15) is 0 Å². The molecule has 1 unspecified atom stereocenters. The van der Waals surface area contributed by atoms with Crippen molar-refractivity contribution in [3.05, 3.63) is 46.7 Å². The number of hydrogen-bond acceptors (Lipinski definition) is 3. The van der Waals surface area contributed by atoms with E-state index in [1.807, 2.05) is 4.90 Å². The van der Waals surface area contributed by atoms with Gasteiger partial charge >= 0.3 is 6.18 Å². The van der Waals surface area contributed by atoms with Gasteiger partial charge in [-0.05, 0) is 49.8 Å². The van der Waals surface area contributed by atoms with E-state index >= 15 is 0 Å². The molecule has 178 valence electrons. The molecule has 2 amide bonds. The fourth-order valence-corrected chi connectivity index (χ4v) is 4.91. The molecule has 4 rings (SSSR count). The molecule has 2 aromatic rings. The zero-order chi connectivity index (χ0) is 23.8. The maximum atomic E-state index is 13.9. The fourth-order valence-electron chi connectivity index (χ4n) is 4.73. The van der Waals surface area contributed by atoms with Crippen LogP contribution >= 0.6 is 11.6 Å². The number of nitrogens with zero attached hydrogens (tertiary/aromatic N) is 4. The van der Waals surface area contributed by atoms with Gasteiger partial charge in [-0.2, -0.15) is 18.3 Å². The molecule has 33 heavy (non-hydrogen) atoms. The minimum Gasteiger partial charge on any atom is -0.342 e. The number of alkyl halides is 3. The molecule has 2 aliphatic heterocycles. The van der Waals surface area contributed by atoms with E-state index in [2.05, 4.69) is 12.0 Å². The van der Waals surface area contributed by atoms with Crippen LogP contribution in [0.15, 0.2) is 30.5 Å². The predicted octanol–water partition coefficient (Wildman–Crippen LogP) is 4.66. The van der Waals surface area contributed by atoms with Gasteiger partial charge in [0.25, 0.3) is 5.91 Å². The number of amides is 2. The third-order valence-corrected chi connectivity index (χ3v) is 6.66. The third kappa shape index (κ3) is 5.03. The van der Waals surface area contributed by atoms with Gasteiger partial charge in [0, 0.05) is 37.1 Å². The minimum absolute atomic E-state index is 0.0957. The summed E-state index contributed by atoms with van der Waals surface area (Å²) in [5.74, 6) is -0.358. The predicted molar refractivity (Wildman–Crippen MR) is 117 cm³/mol. The number of carbonyl (C=O) groups excluding carboxylic acids is 2. The van der Waals surface area contributed by atoms with Crippen LogP contribution in [0.3, 0.4) is 0 Å². The van der Waals surface area contributed by atoms with Crippen LogP contribution in [0.2, 0.25) is 5.02 Å². The van der Waals surface area contributed by atoms with E-state index in [4.69, 9.17) is 11.6 Å². The van der Waals surface area contributed by atoms with Crippen molar-refractivity contribution in [2.45, 2.75) is 38.8 Å². The van der Waals surface area contributed by atoms with Crippen LogP contribution in [0.4, 0.5) is 13.2 Å². The van der Waals surface area contributed by atoms with E-state index in [-0.39, 0.29) is 35.6 Å². The van der Waals surface area contributed by atoms with Crippen molar-refractivity contribution in [2.24, 2.45) is 11.8 Å². The van der Waals surface area contributed by atoms with Crippen molar-refractivity contribution < 1.29 is 22.8 Å². The second kappa shape index (κ2) is 9.37. The molecular formula is C23H26ClF3N4O2. The molecule has 1 aromatic carbocycles. The zero-order valence-corrected chi connectivity index (χ0v) is 19.1. The Balaban J connectivity index is 1.49. The molecule has 2 saturated heterocycles. The molecule has 0 N–H and O–H groups in total. The lowest BCUT2D eigenvalue weighted by molar-refractivity contribution is -0.143. The summed E-state index contributed by atoms with van der Waals surface area (Å²) in [5.41, 5.74) is -1.51. The van der Waals surface area contributed by atoms with Gasteiger partial charge in [-0.3, -0.25) is 9.59 Å². The lowest BCUT2D eigenvalue weighted by atomic mass is 9.92. The first-order valence-electron chi connectivity index (χ1n) is 11.1. The molecule has 0 bridgehead atoms. The second-order valence-electron chi connectivity index (χ2n) is 8.89. The first-order chi connectivity index (χ1) is 15.6. The van der Waals surface area contributed by atoms with E-state index in [9.17, 15) is 22.8 Å². The normalized spacial score (nSPS) is 20.2. The summed E-state index contributed by atoms with van der Waals surface area (Å²) >= 11 is 5.93. The van der Waals surface area contributed by atoms with E-state index in [0.717, 1.165) is 32.1 Å². The Kier molecular flexibility index (Phi) is 6.70. The van der Waals surface area contributed by atoms with Crippen molar-refractivity contribution in [3.63, 3.8) is 0 Å². The quantitative estimate of drug-likeness (QED) is 0.639. The Morgan fingerprint density at radius 2 is 1.82 bits per heavy atom. The van der Waals surface area contributed by atoms with Gasteiger partial charge < -0.3 is 9.80 Å². The van der Waals surface area contributed by atoms with Gasteiger partial charge in [-0.15, -0.1) is 0 Å². The Labute approximate surface area is 195 Å². The van der Waals surface area contributed by atoms with E-state index in [1.54, 1.807) is 6.07 Å². The summed E-state index contributed by atoms with van der Waals surface area (Å²) in [7, 11) is 0. The number of likely N-dealkylation sites (tertiary alicyclic amines) is 2. The third-order valence-electron chi connectivity index (χ3n) is 6.42. The van der Waals surface area contributed by atoms with Crippen molar-refractivity contribution in [3.8, 4) is 5.69 Å². The van der Waals surface area contributed by atoms with Gasteiger partial charge in [0.05, 0.1) is 17.4 Å². The topological polar surface area (TPSA) is 58.4 Å². The Morgan fingerprint density at radius 3 is 2.45 bits per heavy atom. The average Bonchev–Trinajstić information content (AvgIpc) is 3.24. The molecule has 0 saturated carbocycles. The molecule has 0 aliphatic carbocycles. The van der Waals surface area contributed by atoms with Gasteiger partial charge in [-0.1, -0.05) is 24.6 Å². The van der Waals surface area contributed by atoms with Crippen LogP contribution in [0.25, 0.3) is 5.69 Å². The first-order valence-corrected chi connectivity index (χ1v) is 11.5. The first kappa shape index (κ1) is 23.6. The van der Waals surface area contributed by atoms with Crippen LogP contribution in [0.1, 0.15) is 48.7 Å². The van der Waals surface area contributed by atoms with E-state index in [0.29, 0.717) is 23.4 Å². The molecule has 1 atom stereocenters. The summed E-state index contributed by atoms with van der Waals surface area (Å²) in [5, 5.41) is 4.11. The molecule has 1 aromatic heterocycles. The van der Waals surface area contributed by atoms with Crippen LogP contribution in [0, 0.1) is 11.8 Å². The van der Waals surface area contributed by atoms with Gasteiger partial charge in [-0.25, -0.2) is 4.68 Å². The lowest BCUT2D eigenvalue weighted by Gasteiger charge is -2.37. The number of carbonyl (C=O) groups is 2. The SMILES string of the molecule is CC1CCCN(C(=O)C2CCN(C(=O)c3cnn(-c4cccc(Cl)c4)c3C(F)(F)F)CC2)C1. The smallest absolute Gasteiger partial charge is 0.342 e. The van der Waals surface area contributed by atoms with Crippen molar-refractivity contribution in [2.75, 3.05) is 26.2 Å². The number of rotatable bonds is 3. The highest BCUT2D eigenvalue weighted by atomic mass is 35.5. The van der Waals surface area contributed by atoms with Crippen LogP contribution in [-0.2, 0) is 11.0 Å². The molecule has 2 fully saturated rings. The molecular weight excluding hydrogens is 457 g/mol. The average molecular weight is 483 g/mol. The zero-order valence-electron chi connectivity index (χ0n) is 18.3. The Morgan fingerprint density at radius 1 is 1.09 bits per heavy atom. The minimum atomic E-state index is -4.79. The fraction of sp³-hybridized carbons (Fsp3) is 0.522. The van der Waals surface area contributed by atoms with E-state index in [1.165, 1.54) is 23.1 Å². The second-order valence-corrected chi connectivity index (χ2v) is 9.33. The summed E-state index contributed by atoms with van der Waals surface area (Å²) < 4.78 is 42.5. The number of hydrogen-bond donors (Lipinski definition) is 0. The highest BCUT2D eigenvalue weighted by Crippen LogP contribution is 2.35. The molecule has 10 heteroatoms. The number of halogens is 4. The summed E-state index contributed by atoms with van der Waals surface area (Å²) in [6.07, 6.45) is -0.845. The summed E-state index contributed by atoms with van der Waals surface area (Å²) in [4.78, 5) is 29.2. The number of benzene rings is 1. The maximum absolute atomic E-state index is 13.9. The van der Waals surface area contributed by atoms with Crippen LogP contribution in [0.5, 0.6) is 0 Å². The highest BCUT2D eigenvalue weighted by molar-refractivity contribution is 6.30. The maximum Gasteiger partial charge on any atom is 0.434 e. The van der Waals surface area contributed by atoms with Gasteiger partial charge in [0.2, 0.25) is 5.91 Å². The molecule has 6 nitrogen and oxygen atoms in total. The lowest BCUT2D eigenvalue weighted by Crippen LogP contribution is -2.47. The van der Waals surface area contributed by atoms with Crippen LogP contribution in [-0.4, -0.2) is 57.6 Å². The molecule has 2 aliphatic rings. The standard InChI is InChI=1S/C23H26ClF3N4O2/c1-15-4-3-9-30(14-15)21(32)16-7-10-29(11-8-16)22(33)19-13-28-31(20(19)23(25,26)27)18-6-2-5-17(24)12-18/h2,5-6,12-13,15-16H,3-4,7-11,14H2,1H3. The van der Waals surface area contributed by atoms with Crippen molar-refractivity contribution >= 4 is 23.4 Å². The molecule has 0 spiro atoms. The summed E-state index contributed by atoms with van der Waals surface area (Å²) in [6.45, 7) is 4.09. The van der Waals surface area contributed by atoms with Gasteiger partial charge in [0.15, 0.2) is 5.69 Å². The number of piperidine rings is 2. The van der Waals surface area contributed by atoms with Crippen molar-refractivity contribution in [1.29, 1.82) is 0 Å². The highest BCUT2D eigenvalue weighted by Gasteiger charge is 2.42. The largest absolute Gasteiger partial charge is 0.434 e. The number of aromatic nitrogens is 2. The summed E-state index contributed by atoms with van der Waals surface area (Å²) in [6, 6.07) is 5.87. The Bertz CT molecular complexity index is 1030. The Hall–Kier alpha value is -2.55. The monoisotopic (exact) mass is 482 g/mol. The molecule has 0 radical (unpaired) electrons. The van der Waals surface area contributed by atoms with Crippen molar-refractivity contribution in [1.82, 2.24) is 19.6 Å². The van der Waals surface area contributed by atoms with Crippen LogP contribution < -0.4 is 0 Å². The van der Waals surface area contributed by atoms with E-state index < -0.39 is 23.3 Å². The molecule has 3 heterocycles.